The van der Waals surface area contributed by atoms with Crippen molar-refractivity contribution in [1.29, 1.82) is 0 Å². The zero-order valence-corrected chi connectivity index (χ0v) is 19.3. The summed E-state index contributed by atoms with van der Waals surface area (Å²) < 4.78 is 34.6. The highest BCUT2D eigenvalue weighted by molar-refractivity contribution is 8.35. The lowest BCUT2D eigenvalue weighted by Crippen LogP contribution is -2.46. The number of fused-ring (bicyclic) bond motifs is 1. The van der Waals surface area contributed by atoms with Gasteiger partial charge in [0.2, 0.25) is 11.3 Å². The molecule has 0 saturated heterocycles. The molecule has 4 nitrogen and oxygen atoms in total. The summed E-state index contributed by atoms with van der Waals surface area (Å²) in [6.07, 6.45) is 9.25. The van der Waals surface area contributed by atoms with Crippen LogP contribution in [0.4, 0.5) is 8.78 Å². The van der Waals surface area contributed by atoms with Crippen LogP contribution in [0.2, 0.25) is 0 Å². The maximum atomic E-state index is 14.5. The van der Waals surface area contributed by atoms with Crippen LogP contribution in [0, 0.1) is 22.8 Å². The van der Waals surface area contributed by atoms with Crippen molar-refractivity contribution in [3.05, 3.63) is 35.5 Å². The van der Waals surface area contributed by atoms with Crippen molar-refractivity contribution in [2.75, 3.05) is 25.0 Å². The molecule has 1 atom stereocenters. The van der Waals surface area contributed by atoms with Crippen LogP contribution in [0.3, 0.4) is 0 Å². The van der Waals surface area contributed by atoms with Crippen molar-refractivity contribution in [2.24, 2.45) is 0 Å². The molecule has 0 aliphatic rings. The minimum absolute atomic E-state index is 0.108. The smallest absolute Gasteiger partial charge is 0.272 e. The summed E-state index contributed by atoms with van der Waals surface area (Å²) in [5.41, 5.74) is -1.01. The van der Waals surface area contributed by atoms with Gasteiger partial charge in [-0.1, -0.05) is 5.92 Å². The van der Waals surface area contributed by atoms with Gasteiger partial charge in [-0.2, -0.15) is 14.4 Å². The summed E-state index contributed by atoms with van der Waals surface area (Å²) in [4.78, 5) is 16.4. The lowest BCUT2D eigenvalue weighted by molar-refractivity contribution is -0.125. The summed E-state index contributed by atoms with van der Waals surface area (Å²) in [7, 11) is -1.04. The van der Waals surface area contributed by atoms with Crippen molar-refractivity contribution in [2.45, 2.75) is 31.7 Å². The third-order valence-electron chi connectivity index (χ3n) is 3.48. The van der Waals surface area contributed by atoms with E-state index in [9.17, 15) is 13.6 Å². The number of halogens is 2. The van der Waals surface area contributed by atoms with Crippen LogP contribution >= 0.6 is 21.8 Å². The van der Waals surface area contributed by atoms with Crippen molar-refractivity contribution < 1.29 is 18.3 Å². The van der Waals surface area contributed by atoms with E-state index in [4.69, 9.17) is 4.74 Å². The molecule has 1 unspecified atom stereocenters. The van der Waals surface area contributed by atoms with Gasteiger partial charge in [-0.25, -0.2) is 4.39 Å². The number of benzene rings is 1. The van der Waals surface area contributed by atoms with Crippen molar-refractivity contribution in [3.63, 3.8) is 0 Å². The van der Waals surface area contributed by atoms with Crippen LogP contribution in [0.5, 0.6) is 5.75 Å². The second-order valence-corrected chi connectivity index (χ2v) is 13.1. The van der Waals surface area contributed by atoms with Gasteiger partial charge in [-0.05, 0) is 63.2 Å². The molecule has 0 saturated carbocycles. The number of hydrogen-bond acceptors (Lipinski definition) is 4. The molecule has 0 radical (unpaired) electrons. The van der Waals surface area contributed by atoms with E-state index in [1.165, 1.54) is 12.3 Å². The molecule has 1 heterocycles. The number of aromatic nitrogens is 1. The van der Waals surface area contributed by atoms with Gasteiger partial charge in [0.25, 0.3) is 5.91 Å². The molecule has 0 aliphatic heterocycles. The van der Waals surface area contributed by atoms with Crippen molar-refractivity contribution >= 4 is 38.6 Å². The number of nitrogens with one attached hydrogen (secondary N) is 1. The lowest BCUT2D eigenvalue weighted by atomic mass is 10.1. The second-order valence-electron chi connectivity index (χ2n) is 8.29. The average Bonchev–Trinajstić information content (AvgIpc) is 2.59. The molecule has 8 heteroatoms. The van der Waals surface area contributed by atoms with Crippen LogP contribution in [0.1, 0.15) is 26.3 Å². The molecule has 0 spiro atoms. The molecule has 0 bridgehead atoms. The van der Waals surface area contributed by atoms with E-state index in [1.807, 2.05) is 20.8 Å². The van der Waals surface area contributed by atoms with E-state index < -0.39 is 38.5 Å². The van der Waals surface area contributed by atoms with Gasteiger partial charge < -0.3 is 10.1 Å². The molecule has 1 N–H and O–H groups in total. The fraction of sp³-hybridized carbons (Fsp3) is 0.429. The van der Waals surface area contributed by atoms with E-state index in [2.05, 4.69) is 40.2 Å². The lowest BCUT2D eigenvalue weighted by Gasteiger charge is -2.24. The average molecular weight is 441 g/mol. The summed E-state index contributed by atoms with van der Waals surface area (Å²) in [5, 5.41) is 6.28. The third-order valence-corrected chi connectivity index (χ3v) is 4.94. The first kappa shape index (κ1) is 23.3. The Balaban J connectivity index is 2.43. The Morgan fingerprint density at radius 2 is 1.90 bits per heavy atom. The Hall–Kier alpha value is -1.98. The number of hydrogen-bond donors (Lipinski definition) is 1. The summed E-state index contributed by atoms with van der Waals surface area (Å²) in [6, 6.07) is 2.99. The molecule has 0 fully saturated rings. The van der Waals surface area contributed by atoms with Gasteiger partial charge in [0.15, 0.2) is 11.6 Å². The van der Waals surface area contributed by atoms with Gasteiger partial charge >= 0.3 is 0 Å². The summed E-state index contributed by atoms with van der Waals surface area (Å²) in [5.74, 6) is -0.0276. The standard InChI is InChI=1S/C21H26F2N2O2S2/c1-21(2,3)25-19(26)20(28-4)27-15-11-14-10-13(8-9-29(5,6)7)12-24-18(14)17(23)16(15)22/h10-12,20H,1-7H3,(H,25,26). The van der Waals surface area contributed by atoms with Gasteiger partial charge in [-0.15, -0.1) is 11.8 Å². The SMILES string of the molecule is CSC(Oc1cc2cc(C#CS(C)(C)C)cnc2c(F)c1F)C(=O)NC(C)(C)C. The fourth-order valence-corrected chi connectivity index (χ4v) is 3.21. The highest BCUT2D eigenvalue weighted by Gasteiger charge is 2.26. The molecular weight excluding hydrogens is 414 g/mol. The normalized spacial score (nSPS) is 13.4. The molecule has 29 heavy (non-hydrogen) atoms. The molecule has 1 aromatic heterocycles. The molecule has 158 valence electrons. The largest absolute Gasteiger partial charge is 0.467 e. The minimum Gasteiger partial charge on any atom is -0.467 e. The monoisotopic (exact) mass is 440 g/mol. The van der Waals surface area contributed by atoms with Crippen LogP contribution in [-0.2, 0) is 4.79 Å². The van der Waals surface area contributed by atoms with Gasteiger partial charge in [0.1, 0.15) is 5.52 Å². The first-order valence-electron chi connectivity index (χ1n) is 8.81. The Bertz CT molecular complexity index is 987. The number of carbonyl (C=O) groups excluding carboxylic acids is 1. The Morgan fingerprint density at radius 3 is 2.45 bits per heavy atom. The number of pyridine rings is 1. The van der Waals surface area contributed by atoms with Crippen molar-refractivity contribution in [1.82, 2.24) is 10.3 Å². The highest BCUT2D eigenvalue weighted by Crippen LogP contribution is 2.33. The maximum absolute atomic E-state index is 14.5. The van der Waals surface area contributed by atoms with E-state index in [0.717, 1.165) is 11.8 Å². The first-order chi connectivity index (χ1) is 13.3. The predicted molar refractivity (Wildman–Crippen MR) is 120 cm³/mol. The minimum atomic E-state index is -1.18. The van der Waals surface area contributed by atoms with Crippen LogP contribution in [0.15, 0.2) is 18.3 Å². The second kappa shape index (κ2) is 8.80. The van der Waals surface area contributed by atoms with E-state index in [1.54, 1.807) is 12.3 Å². The molecule has 2 rings (SSSR count). The van der Waals surface area contributed by atoms with Crippen LogP contribution in [0.25, 0.3) is 10.9 Å². The predicted octanol–water partition coefficient (Wildman–Crippen LogP) is 4.50. The van der Waals surface area contributed by atoms with E-state index >= 15 is 0 Å². The maximum Gasteiger partial charge on any atom is 0.272 e. The number of amides is 1. The molecular formula is C21H26F2N2O2S2. The molecule has 1 aromatic carbocycles. The number of carbonyl (C=O) groups is 1. The molecule has 0 aliphatic carbocycles. The van der Waals surface area contributed by atoms with Gasteiger partial charge in [0.05, 0.1) is 0 Å². The van der Waals surface area contributed by atoms with Gasteiger partial charge in [0, 0.05) is 22.7 Å². The summed E-state index contributed by atoms with van der Waals surface area (Å²) in [6.45, 7) is 5.48. The Morgan fingerprint density at radius 1 is 1.24 bits per heavy atom. The molecule has 1 amide bonds. The summed E-state index contributed by atoms with van der Waals surface area (Å²) >= 11 is 1.09. The number of ether oxygens (including phenoxy) is 1. The van der Waals surface area contributed by atoms with Gasteiger partial charge in [-0.3, -0.25) is 9.78 Å². The zero-order valence-electron chi connectivity index (χ0n) is 17.6. The van der Waals surface area contributed by atoms with Crippen molar-refractivity contribution in [3.8, 4) is 16.9 Å². The number of nitrogens with zero attached hydrogens (tertiary/aromatic N) is 1. The quantitative estimate of drug-likeness (QED) is 0.562. The fourth-order valence-electron chi connectivity index (χ4n) is 2.31. The zero-order chi connectivity index (χ0) is 22.0. The third kappa shape index (κ3) is 6.51. The number of thioether (sulfide) groups is 1. The Kier molecular flexibility index (Phi) is 7.07. The Labute approximate surface area is 176 Å². The first-order valence-corrected chi connectivity index (χ1v) is 13.0. The topological polar surface area (TPSA) is 51.2 Å². The van der Waals surface area contributed by atoms with Crippen LogP contribution < -0.4 is 10.1 Å². The number of rotatable bonds is 4. The van der Waals surface area contributed by atoms with Crippen LogP contribution in [-0.4, -0.2) is 46.9 Å². The van der Waals surface area contributed by atoms with E-state index in [0.29, 0.717) is 10.9 Å². The highest BCUT2D eigenvalue weighted by atomic mass is 32.3. The van der Waals surface area contributed by atoms with E-state index in [-0.39, 0.29) is 11.3 Å². The molecule has 2 aromatic rings.